The molecule has 4 heteroatoms. The fraction of sp³-hybridized carbons (Fsp3) is 0.0625. The topological polar surface area (TPSA) is 32.9 Å². The molecule has 0 aliphatic carbocycles. The van der Waals surface area contributed by atoms with E-state index in [4.69, 9.17) is 11.6 Å². The molecule has 0 saturated carbocycles. The number of benzene rings is 2. The molecule has 3 aromatic rings. The highest BCUT2D eigenvalue weighted by Crippen LogP contribution is 2.26. The Bertz CT molecular complexity index is 822. The molecule has 20 heavy (non-hydrogen) atoms. The Hall–Kier alpha value is -1.58. The predicted molar refractivity (Wildman–Crippen MR) is 85.6 cm³/mol. The van der Waals surface area contributed by atoms with Gasteiger partial charge in [-0.2, -0.15) is 0 Å². The molecule has 0 fully saturated rings. The molecule has 100 valence electrons. The number of hydrogen-bond acceptors (Lipinski definition) is 1. The maximum Gasteiger partial charge on any atom is 0.195 e. The maximum atomic E-state index is 12.7. The predicted octanol–water partition coefficient (Wildman–Crippen LogP) is 5.12. The van der Waals surface area contributed by atoms with Crippen molar-refractivity contribution in [3.8, 4) is 0 Å². The molecular weight excluding hydrogens is 338 g/mol. The number of hydrogen-bond donors (Lipinski definition) is 1. The monoisotopic (exact) mass is 347 g/mol. The molecule has 0 bridgehead atoms. The average Bonchev–Trinajstić information content (AvgIpc) is 2.81. The van der Waals surface area contributed by atoms with Gasteiger partial charge in [0.1, 0.15) is 0 Å². The third-order valence-electron chi connectivity index (χ3n) is 3.32. The Morgan fingerprint density at radius 1 is 1.15 bits per heavy atom. The van der Waals surface area contributed by atoms with E-state index >= 15 is 0 Å². The standard InChI is InChI=1S/C16H11BrClNO/c1-9-6-11(18)3-4-12(9)16(20)14-8-19-15-5-2-10(17)7-13(14)15/h2-8,19H,1H3. The Kier molecular flexibility index (Phi) is 3.40. The van der Waals surface area contributed by atoms with E-state index in [0.717, 1.165) is 20.9 Å². The fourth-order valence-corrected chi connectivity index (χ4v) is 2.90. The van der Waals surface area contributed by atoms with Crippen molar-refractivity contribution in [1.82, 2.24) is 4.98 Å². The zero-order valence-corrected chi connectivity index (χ0v) is 13.0. The molecular formula is C16H11BrClNO. The van der Waals surface area contributed by atoms with Crippen LogP contribution in [-0.2, 0) is 0 Å². The van der Waals surface area contributed by atoms with Crippen LogP contribution in [0.1, 0.15) is 21.5 Å². The van der Waals surface area contributed by atoms with Gasteiger partial charge in [0, 0.05) is 37.7 Å². The van der Waals surface area contributed by atoms with E-state index in [1.807, 2.05) is 25.1 Å². The molecule has 0 saturated heterocycles. The van der Waals surface area contributed by atoms with E-state index in [0.29, 0.717) is 16.1 Å². The number of aromatic amines is 1. The molecule has 2 aromatic carbocycles. The lowest BCUT2D eigenvalue weighted by Gasteiger charge is -2.05. The Balaban J connectivity index is 2.15. The van der Waals surface area contributed by atoms with E-state index < -0.39 is 0 Å². The minimum atomic E-state index is 0.00326. The summed E-state index contributed by atoms with van der Waals surface area (Å²) in [6, 6.07) is 11.2. The zero-order chi connectivity index (χ0) is 14.3. The van der Waals surface area contributed by atoms with E-state index in [1.54, 1.807) is 24.4 Å². The number of carbonyl (C=O) groups excluding carboxylic acids is 1. The molecule has 0 atom stereocenters. The first-order valence-corrected chi connectivity index (χ1v) is 7.31. The number of ketones is 1. The summed E-state index contributed by atoms with van der Waals surface area (Å²) in [5.41, 5.74) is 3.18. The second-order valence-corrected chi connectivity index (χ2v) is 6.03. The lowest BCUT2D eigenvalue weighted by molar-refractivity contribution is 0.104. The number of carbonyl (C=O) groups is 1. The highest BCUT2D eigenvalue weighted by molar-refractivity contribution is 9.10. The first-order valence-electron chi connectivity index (χ1n) is 6.14. The van der Waals surface area contributed by atoms with E-state index in [-0.39, 0.29) is 5.78 Å². The molecule has 0 unspecified atom stereocenters. The zero-order valence-electron chi connectivity index (χ0n) is 10.7. The lowest BCUT2D eigenvalue weighted by atomic mass is 9.99. The van der Waals surface area contributed by atoms with E-state index in [1.165, 1.54) is 0 Å². The smallest absolute Gasteiger partial charge is 0.195 e. The van der Waals surface area contributed by atoms with Crippen molar-refractivity contribution < 1.29 is 4.79 Å². The van der Waals surface area contributed by atoms with Crippen molar-refractivity contribution in [3.05, 3.63) is 68.8 Å². The Morgan fingerprint density at radius 2 is 1.95 bits per heavy atom. The summed E-state index contributed by atoms with van der Waals surface area (Å²) < 4.78 is 0.950. The molecule has 1 heterocycles. The number of rotatable bonds is 2. The van der Waals surface area contributed by atoms with Crippen molar-refractivity contribution in [2.24, 2.45) is 0 Å². The third kappa shape index (κ3) is 2.28. The van der Waals surface area contributed by atoms with Gasteiger partial charge in [-0.1, -0.05) is 27.5 Å². The van der Waals surface area contributed by atoms with Crippen molar-refractivity contribution in [2.75, 3.05) is 0 Å². The Labute approximate surface area is 129 Å². The van der Waals surface area contributed by atoms with Gasteiger partial charge in [-0.25, -0.2) is 0 Å². The van der Waals surface area contributed by atoms with Gasteiger partial charge in [-0.05, 0) is 48.9 Å². The molecule has 1 aromatic heterocycles. The summed E-state index contributed by atoms with van der Waals surface area (Å²) in [7, 11) is 0. The number of aryl methyl sites for hydroxylation is 1. The molecule has 0 amide bonds. The highest BCUT2D eigenvalue weighted by atomic mass is 79.9. The SMILES string of the molecule is Cc1cc(Cl)ccc1C(=O)c1c[nH]c2ccc(Br)cc12. The summed E-state index contributed by atoms with van der Waals surface area (Å²) in [4.78, 5) is 15.8. The first-order chi connectivity index (χ1) is 9.56. The minimum absolute atomic E-state index is 0.00326. The summed E-state index contributed by atoms with van der Waals surface area (Å²) in [5.74, 6) is 0.00326. The number of fused-ring (bicyclic) bond motifs is 1. The lowest BCUT2D eigenvalue weighted by Crippen LogP contribution is -2.02. The van der Waals surface area contributed by atoms with Gasteiger partial charge in [0.25, 0.3) is 0 Å². The Morgan fingerprint density at radius 3 is 2.70 bits per heavy atom. The van der Waals surface area contributed by atoms with Crippen molar-refractivity contribution in [1.29, 1.82) is 0 Å². The molecule has 0 radical (unpaired) electrons. The first kappa shape index (κ1) is 13.4. The quantitative estimate of drug-likeness (QED) is 0.640. The molecule has 0 aliphatic heterocycles. The largest absolute Gasteiger partial charge is 0.360 e. The summed E-state index contributed by atoms with van der Waals surface area (Å²) in [5, 5.41) is 1.56. The third-order valence-corrected chi connectivity index (χ3v) is 4.05. The number of halogens is 2. The average molecular weight is 349 g/mol. The van der Waals surface area contributed by atoms with Gasteiger partial charge in [0.2, 0.25) is 0 Å². The highest BCUT2D eigenvalue weighted by Gasteiger charge is 2.16. The second kappa shape index (κ2) is 5.08. The van der Waals surface area contributed by atoms with E-state index in [2.05, 4.69) is 20.9 Å². The minimum Gasteiger partial charge on any atom is -0.360 e. The molecule has 3 rings (SSSR count). The normalized spacial score (nSPS) is 10.9. The molecule has 1 N–H and O–H groups in total. The molecule has 0 aliphatic rings. The van der Waals surface area contributed by atoms with Crippen molar-refractivity contribution in [2.45, 2.75) is 6.92 Å². The van der Waals surface area contributed by atoms with Gasteiger partial charge in [-0.3, -0.25) is 4.79 Å². The van der Waals surface area contributed by atoms with Crippen LogP contribution in [0, 0.1) is 6.92 Å². The van der Waals surface area contributed by atoms with Crippen LogP contribution in [0.3, 0.4) is 0 Å². The number of nitrogens with one attached hydrogen (secondary N) is 1. The molecule has 0 spiro atoms. The summed E-state index contributed by atoms with van der Waals surface area (Å²) >= 11 is 9.38. The second-order valence-electron chi connectivity index (χ2n) is 4.68. The van der Waals surface area contributed by atoms with Gasteiger partial charge in [0.05, 0.1) is 0 Å². The number of aromatic nitrogens is 1. The summed E-state index contributed by atoms with van der Waals surface area (Å²) in [6.45, 7) is 1.89. The van der Waals surface area contributed by atoms with Crippen LogP contribution in [0.25, 0.3) is 10.9 Å². The van der Waals surface area contributed by atoms with Crippen LogP contribution >= 0.6 is 27.5 Å². The van der Waals surface area contributed by atoms with Gasteiger partial charge < -0.3 is 4.98 Å². The van der Waals surface area contributed by atoms with Crippen LogP contribution in [0.2, 0.25) is 5.02 Å². The van der Waals surface area contributed by atoms with Crippen LogP contribution in [0.5, 0.6) is 0 Å². The van der Waals surface area contributed by atoms with Crippen molar-refractivity contribution in [3.63, 3.8) is 0 Å². The van der Waals surface area contributed by atoms with Crippen LogP contribution in [0.4, 0.5) is 0 Å². The number of H-pyrrole nitrogens is 1. The van der Waals surface area contributed by atoms with E-state index in [9.17, 15) is 4.79 Å². The maximum absolute atomic E-state index is 12.7. The van der Waals surface area contributed by atoms with Crippen LogP contribution in [0.15, 0.2) is 47.1 Å². The van der Waals surface area contributed by atoms with Crippen LogP contribution in [-0.4, -0.2) is 10.8 Å². The fourth-order valence-electron chi connectivity index (χ4n) is 2.31. The van der Waals surface area contributed by atoms with Gasteiger partial charge >= 0.3 is 0 Å². The summed E-state index contributed by atoms with van der Waals surface area (Å²) in [6.07, 6.45) is 1.76. The molecule has 2 nitrogen and oxygen atoms in total. The van der Waals surface area contributed by atoms with Gasteiger partial charge in [0.15, 0.2) is 5.78 Å². The van der Waals surface area contributed by atoms with Crippen LogP contribution < -0.4 is 0 Å². The van der Waals surface area contributed by atoms with Crippen molar-refractivity contribution >= 4 is 44.2 Å². The van der Waals surface area contributed by atoms with Gasteiger partial charge in [-0.15, -0.1) is 0 Å².